The Morgan fingerprint density at radius 3 is 1.07 bits per heavy atom. The minimum absolute atomic E-state index is 0.0304. The van der Waals surface area contributed by atoms with E-state index in [1.165, 1.54) is 167 Å². The zero-order valence-corrected chi connectivity index (χ0v) is 28.8. The molecule has 4 nitrogen and oxygen atoms in total. The molecule has 2 atom stereocenters. The average Bonchev–Trinajstić information content (AvgIpc) is 2.99. The molecule has 4 heteroatoms. The van der Waals surface area contributed by atoms with E-state index in [1.54, 1.807) is 0 Å². The number of aliphatic hydroxyl groups is 2. The van der Waals surface area contributed by atoms with Crippen LogP contribution in [0.3, 0.4) is 0 Å². The van der Waals surface area contributed by atoms with E-state index >= 15 is 0 Å². The van der Waals surface area contributed by atoms with E-state index in [0.29, 0.717) is 12.8 Å². The van der Waals surface area contributed by atoms with E-state index in [-0.39, 0.29) is 12.5 Å². The molecule has 0 radical (unpaired) electrons. The molecule has 0 saturated heterocycles. The molecule has 0 aromatic rings. The van der Waals surface area contributed by atoms with E-state index in [4.69, 9.17) is 0 Å². The predicted octanol–water partition coefficient (Wildman–Crippen LogP) is 11.3. The Hall–Kier alpha value is -0.610. The molecule has 1 amide bonds. The summed E-state index contributed by atoms with van der Waals surface area (Å²) in [6.07, 6.45) is 40.3. The van der Waals surface area contributed by atoms with Gasteiger partial charge in [-0.15, -0.1) is 0 Å². The third-order valence-electron chi connectivity index (χ3n) is 9.12. The largest absolute Gasteiger partial charge is 0.394 e. The van der Waals surface area contributed by atoms with E-state index in [0.717, 1.165) is 25.7 Å². The highest BCUT2D eigenvalue weighted by Gasteiger charge is 2.19. The van der Waals surface area contributed by atoms with Crippen LogP contribution in [0.1, 0.15) is 219 Å². The first kappa shape index (κ1) is 41.4. The maximum absolute atomic E-state index is 12.3. The second kappa shape index (κ2) is 34.9. The van der Waals surface area contributed by atoms with Crippen LogP contribution in [0.15, 0.2) is 0 Å². The minimum Gasteiger partial charge on any atom is -0.394 e. The van der Waals surface area contributed by atoms with Crippen molar-refractivity contribution in [2.75, 3.05) is 6.61 Å². The molecule has 0 fully saturated rings. The average molecular weight is 596 g/mol. The lowest BCUT2D eigenvalue weighted by atomic mass is 10.0. The number of nitrogens with one attached hydrogen (secondary N) is 1. The summed E-state index contributed by atoms with van der Waals surface area (Å²) in [5.74, 6) is -0.0304. The molecule has 0 heterocycles. The molecule has 3 N–H and O–H groups in total. The van der Waals surface area contributed by atoms with Crippen molar-refractivity contribution < 1.29 is 15.0 Å². The number of aliphatic hydroxyl groups excluding tert-OH is 2. The summed E-state index contributed by atoms with van der Waals surface area (Å²) in [5.41, 5.74) is 0. The third-order valence-corrected chi connectivity index (χ3v) is 9.12. The summed E-state index contributed by atoms with van der Waals surface area (Å²) in [5, 5.41) is 22.9. The molecular weight excluding hydrogens is 518 g/mol. The molecule has 0 aliphatic heterocycles. The Morgan fingerprint density at radius 2 is 0.762 bits per heavy atom. The van der Waals surface area contributed by atoms with Gasteiger partial charge >= 0.3 is 0 Å². The Bertz CT molecular complexity index is 526. The van der Waals surface area contributed by atoms with Crippen LogP contribution in [0.5, 0.6) is 0 Å². The summed E-state index contributed by atoms with van der Waals surface area (Å²) in [6.45, 7) is 4.34. The van der Waals surface area contributed by atoms with E-state index in [9.17, 15) is 15.0 Å². The van der Waals surface area contributed by atoms with Gasteiger partial charge in [-0.05, 0) is 12.8 Å². The van der Waals surface area contributed by atoms with Gasteiger partial charge in [-0.25, -0.2) is 0 Å². The van der Waals surface area contributed by atoms with Crippen LogP contribution in [0.2, 0.25) is 0 Å². The van der Waals surface area contributed by atoms with Gasteiger partial charge in [0.15, 0.2) is 0 Å². The van der Waals surface area contributed by atoms with Crippen LogP contribution >= 0.6 is 0 Å². The first-order chi connectivity index (χ1) is 20.7. The van der Waals surface area contributed by atoms with Crippen molar-refractivity contribution in [3.05, 3.63) is 0 Å². The minimum atomic E-state index is -0.649. The smallest absolute Gasteiger partial charge is 0.220 e. The molecule has 42 heavy (non-hydrogen) atoms. The predicted molar refractivity (Wildman–Crippen MR) is 184 cm³/mol. The van der Waals surface area contributed by atoms with Crippen LogP contribution in [0, 0.1) is 0 Å². The fourth-order valence-corrected chi connectivity index (χ4v) is 6.13. The maximum Gasteiger partial charge on any atom is 0.220 e. The molecule has 0 spiro atoms. The summed E-state index contributed by atoms with van der Waals surface area (Å²) in [4.78, 5) is 12.3. The van der Waals surface area contributed by atoms with Gasteiger partial charge < -0.3 is 15.5 Å². The second-order valence-electron chi connectivity index (χ2n) is 13.4. The first-order valence-electron chi connectivity index (χ1n) is 19.2. The van der Waals surface area contributed by atoms with Gasteiger partial charge in [0.2, 0.25) is 5.91 Å². The normalized spacial score (nSPS) is 13.0. The van der Waals surface area contributed by atoms with Crippen LogP contribution in [0.25, 0.3) is 0 Å². The van der Waals surface area contributed by atoms with Crippen molar-refractivity contribution in [1.29, 1.82) is 0 Å². The second-order valence-corrected chi connectivity index (χ2v) is 13.4. The van der Waals surface area contributed by atoms with Gasteiger partial charge in [0, 0.05) is 6.42 Å². The molecule has 252 valence electrons. The standard InChI is InChI=1S/C38H77NO3/c1-3-5-7-9-11-13-14-15-16-17-18-19-20-21-22-23-24-25-26-28-30-32-34-38(42)39-36(35-40)37(41)33-31-29-27-12-10-8-6-4-2/h36-37,40-41H,3-35H2,1-2H3,(H,39,42). The van der Waals surface area contributed by atoms with Crippen LogP contribution in [0.4, 0.5) is 0 Å². The van der Waals surface area contributed by atoms with Gasteiger partial charge in [0.25, 0.3) is 0 Å². The summed E-state index contributed by atoms with van der Waals surface area (Å²) < 4.78 is 0. The van der Waals surface area contributed by atoms with Gasteiger partial charge in [-0.2, -0.15) is 0 Å². The van der Waals surface area contributed by atoms with Crippen molar-refractivity contribution in [3.8, 4) is 0 Å². The molecule has 0 aliphatic carbocycles. The molecule has 0 bridgehead atoms. The number of carbonyl (C=O) groups excluding carboxylic acids is 1. The number of amides is 1. The van der Waals surface area contributed by atoms with Gasteiger partial charge in [0.05, 0.1) is 18.8 Å². The van der Waals surface area contributed by atoms with Gasteiger partial charge in [0.1, 0.15) is 0 Å². The van der Waals surface area contributed by atoms with E-state index < -0.39 is 12.1 Å². The Kier molecular flexibility index (Phi) is 34.4. The fourth-order valence-electron chi connectivity index (χ4n) is 6.13. The van der Waals surface area contributed by atoms with Crippen molar-refractivity contribution in [1.82, 2.24) is 5.32 Å². The maximum atomic E-state index is 12.3. The monoisotopic (exact) mass is 596 g/mol. The molecule has 2 unspecified atom stereocenters. The van der Waals surface area contributed by atoms with Crippen molar-refractivity contribution in [2.45, 2.75) is 231 Å². The number of rotatable bonds is 35. The van der Waals surface area contributed by atoms with E-state index in [1.807, 2.05) is 0 Å². The van der Waals surface area contributed by atoms with Gasteiger partial charge in [-0.1, -0.05) is 200 Å². The van der Waals surface area contributed by atoms with Crippen molar-refractivity contribution >= 4 is 5.91 Å². The highest BCUT2D eigenvalue weighted by molar-refractivity contribution is 5.76. The number of hydrogen-bond acceptors (Lipinski definition) is 3. The quantitative estimate of drug-likeness (QED) is 0.0638. The zero-order chi connectivity index (χ0) is 30.8. The lowest BCUT2D eigenvalue weighted by Gasteiger charge is -2.22. The highest BCUT2D eigenvalue weighted by atomic mass is 16.3. The molecule has 0 aromatic heterocycles. The topological polar surface area (TPSA) is 69.6 Å². The molecule has 0 rings (SSSR count). The van der Waals surface area contributed by atoms with Crippen molar-refractivity contribution in [3.63, 3.8) is 0 Å². The Morgan fingerprint density at radius 1 is 0.476 bits per heavy atom. The van der Waals surface area contributed by atoms with Gasteiger partial charge in [-0.3, -0.25) is 4.79 Å². The molecule has 0 aromatic carbocycles. The zero-order valence-electron chi connectivity index (χ0n) is 28.8. The molecular formula is C38H77NO3. The van der Waals surface area contributed by atoms with Crippen LogP contribution < -0.4 is 5.32 Å². The Labute approximate surface area is 264 Å². The Balaban J connectivity index is 3.41. The third kappa shape index (κ3) is 30.8. The van der Waals surface area contributed by atoms with Crippen LogP contribution in [-0.2, 0) is 4.79 Å². The first-order valence-corrected chi connectivity index (χ1v) is 19.2. The fraction of sp³-hybridized carbons (Fsp3) is 0.974. The van der Waals surface area contributed by atoms with Crippen molar-refractivity contribution in [2.24, 2.45) is 0 Å². The summed E-state index contributed by atoms with van der Waals surface area (Å²) in [6, 6.07) is -0.526. The number of carbonyl (C=O) groups is 1. The lowest BCUT2D eigenvalue weighted by molar-refractivity contribution is -0.123. The number of unbranched alkanes of at least 4 members (excludes halogenated alkanes) is 28. The lowest BCUT2D eigenvalue weighted by Crippen LogP contribution is -2.45. The van der Waals surface area contributed by atoms with E-state index in [2.05, 4.69) is 19.2 Å². The molecule has 0 aliphatic rings. The number of hydrogen-bond donors (Lipinski definition) is 3. The molecule has 0 saturated carbocycles. The summed E-state index contributed by atoms with van der Waals surface area (Å²) >= 11 is 0. The summed E-state index contributed by atoms with van der Waals surface area (Å²) in [7, 11) is 0. The highest BCUT2D eigenvalue weighted by Crippen LogP contribution is 2.16. The SMILES string of the molecule is CCCCCCCCCCCCCCCCCCCCCCCCC(=O)NC(CO)C(O)CCCCCCCCCC. The van der Waals surface area contributed by atoms with Crippen LogP contribution in [-0.4, -0.2) is 34.9 Å².